The molecule has 0 atom stereocenters. The highest BCUT2D eigenvalue weighted by atomic mass is 35.5. The van der Waals surface area contributed by atoms with Gasteiger partial charge in [-0.05, 0) is 48.7 Å². The van der Waals surface area contributed by atoms with Gasteiger partial charge in [0, 0.05) is 10.4 Å². The minimum atomic E-state index is -1.01. The van der Waals surface area contributed by atoms with E-state index in [2.05, 4.69) is 5.10 Å². The third-order valence-corrected chi connectivity index (χ3v) is 4.05. The number of halogens is 1. The van der Waals surface area contributed by atoms with Crippen LogP contribution in [0.15, 0.2) is 36.4 Å². The lowest BCUT2D eigenvalue weighted by Gasteiger charge is -2.08. The molecular weight excluding hydrogens is 300 g/mol. The van der Waals surface area contributed by atoms with E-state index in [0.717, 1.165) is 22.2 Å². The Morgan fingerprint density at radius 3 is 2.68 bits per heavy atom. The van der Waals surface area contributed by atoms with E-state index in [-0.39, 0.29) is 5.69 Å². The number of hydrogen-bond acceptors (Lipinski definition) is 2. The van der Waals surface area contributed by atoms with Gasteiger partial charge >= 0.3 is 5.97 Å². The first-order chi connectivity index (χ1) is 10.5. The molecule has 0 amide bonds. The number of nitrogens with zero attached hydrogens (tertiary/aromatic N) is 2. The van der Waals surface area contributed by atoms with Crippen molar-refractivity contribution in [1.82, 2.24) is 9.78 Å². The molecule has 2 aromatic carbocycles. The summed E-state index contributed by atoms with van der Waals surface area (Å²) in [4.78, 5) is 11.5. The van der Waals surface area contributed by atoms with E-state index in [1.165, 1.54) is 0 Å². The second kappa shape index (κ2) is 5.46. The molecule has 0 bridgehead atoms. The molecule has 0 fully saturated rings. The van der Waals surface area contributed by atoms with E-state index in [4.69, 9.17) is 11.6 Å². The van der Waals surface area contributed by atoms with Crippen LogP contribution in [0, 0.1) is 13.8 Å². The van der Waals surface area contributed by atoms with Gasteiger partial charge in [0.05, 0.1) is 12.1 Å². The number of carboxylic acids is 1. The fourth-order valence-corrected chi connectivity index (χ4v) is 2.89. The first kappa shape index (κ1) is 14.6. The van der Waals surface area contributed by atoms with Crippen molar-refractivity contribution in [2.75, 3.05) is 0 Å². The summed E-state index contributed by atoms with van der Waals surface area (Å²) in [5.41, 5.74) is 3.95. The second-order valence-electron chi connectivity index (χ2n) is 5.35. The van der Waals surface area contributed by atoms with Gasteiger partial charge in [-0.15, -0.1) is 0 Å². The predicted molar refractivity (Wildman–Crippen MR) is 86.7 cm³/mol. The molecule has 0 spiro atoms. The monoisotopic (exact) mass is 314 g/mol. The fraction of sp³-hybridized carbons (Fsp3) is 0.176. The molecule has 0 unspecified atom stereocenters. The minimum absolute atomic E-state index is 0.0970. The summed E-state index contributed by atoms with van der Waals surface area (Å²) in [6.45, 7) is 4.39. The van der Waals surface area contributed by atoms with Gasteiger partial charge in [-0.25, -0.2) is 4.79 Å². The highest BCUT2D eigenvalue weighted by Crippen LogP contribution is 2.24. The standard InChI is InChI=1S/C17H15ClN2O2/c1-10-4-3-5-14-15(10)16(17(21)22)19-20(14)9-12-6-7-13(18)8-11(12)2/h3-8H,9H2,1-2H3,(H,21,22). The van der Waals surface area contributed by atoms with Crippen LogP contribution in [0.25, 0.3) is 10.9 Å². The van der Waals surface area contributed by atoms with Crippen molar-refractivity contribution in [1.29, 1.82) is 0 Å². The number of rotatable bonds is 3. The van der Waals surface area contributed by atoms with Gasteiger partial charge in [0.1, 0.15) is 0 Å². The average Bonchev–Trinajstić information content (AvgIpc) is 2.82. The number of aryl methyl sites for hydroxylation is 2. The van der Waals surface area contributed by atoms with E-state index >= 15 is 0 Å². The van der Waals surface area contributed by atoms with Crippen molar-refractivity contribution in [3.63, 3.8) is 0 Å². The molecule has 3 aromatic rings. The van der Waals surface area contributed by atoms with Crippen molar-refractivity contribution in [2.45, 2.75) is 20.4 Å². The first-order valence-corrected chi connectivity index (χ1v) is 7.29. The Bertz CT molecular complexity index is 884. The van der Waals surface area contributed by atoms with Crippen molar-refractivity contribution in [3.05, 3.63) is 63.8 Å². The van der Waals surface area contributed by atoms with Crippen molar-refractivity contribution >= 4 is 28.5 Å². The number of aromatic nitrogens is 2. The van der Waals surface area contributed by atoms with Gasteiger partial charge < -0.3 is 5.11 Å². The number of hydrogen-bond donors (Lipinski definition) is 1. The Morgan fingerprint density at radius 2 is 2.00 bits per heavy atom. The molecule has 0 aliphatic carbocycles. The molecule has 1 aromatic heterocycles. The van der Waals surface area contributed by atoms with Crippen LogP contribution in [0.2, 0.25) is 5.02 Å². The number of benzene rings is 2. The summed E-state index contributed by atoms with van der Waals surface area (Å²) in [5, 5.41) is 15.1. The van der Waals surface area contributed by atoms with Gasteiger partial charge in [-0.2, -0.15) is 5.10 Å². The van der Waals surface area contributed by atoms with Crippen LogP contribution in [0.1, 0.15) is 27.2 Å². The molecule has 22 heavy (non-hydrogen) atoms. The van der Waals surface area contributed by atoms with Crippen LogP contribution in [-0.4, -0.2) is 20.9 Å². The highest BCUT2D eigenvalue weighted by molar-refractivity contribution is 6.30. The summed E-state index contributed by atoms with van der Waals surface area (Å²) >= 11 is 5.98. The maximum atomic E-state index is 11.5. The lowest BCUT2D eigenvalue weighted by Crippen LogP contribution is -2.05. The van der Waals surface area contributed by atoms with E-state index in [0.29, 0.717) is 17.0 Å². The van der Waals surface area contributed by atoms with E-state index in [1.54, 1.807) is 4.68 Å². The van der Waals surface area contributed by atoms with Crippen molar-refractivity contribution < 1.29 is 9.90 Å². The van der Waals surface area contributed by atoms with Crippen molar-refractivity contribution in [2.24, 2.45) is 0 Å². The number of carbonyl (C=O) groups is 1. The van der Waals surface area contributed by atoms with Gasteiger partial charge in [0.15, 0.2) is 5.69 Å². The lowest BCUT2D eigenvalue weighted by molar-refractivity contribution is 0.0691. The zero-order valence-corrected chi connectivity index (χ0v) is 13.1. The summed E-state index contributed by atoms with van der Waals surface area (Å²) in [7, 11) is 0. The summed E-state index contributed by atoms with van der Waals surface area (Å²) < 4.78 is 1.74. The Kier molecular flexibility index (Phi) is 3.62. The van der Waals surface area contributed by atoms with Crippen LogP contribution >= 0.6 is 11.6 Å². The smallest absolute Gasteiger partial charge is 0.357 e. The molecule has 1 heterocycles. The van der Waals surface area contributed by atoms with Gasteiger partial charge in [-0.3, -0.25) is 4.68 Å². The normalized spacial score (nSPS) is 11.0. The molecule has 0 radical (unpaired) electrons. The van der Waals surface area contributed by atoms with Crippen LogP contribution in [0.5, 0.6) is 0 Å². The third-order valence-electron chi connectivity index (χ3n) is 3.81. The molecule has 1 N–H and O–H groups in total. The Balaban J connectivity index is 2.15. The summed E-state index contributed by atoms with van der Waals surface area (Å²) in [6, 6.07) is 11.4. The van der Waals surface area contributed by atoms with Gasteiger partial charge in [0.2, 0.25) is 0 Å². The maximum absolute atomic E-state index is 11.5. The molecule has 0 saturated heterocycles. The number of carboxylic acid groups (broad SMARTS) is 1. The predicted octanol–water partition coefficient (Wildman–Crippen LogP) is 4.05. The summed E-state index contributed by atoms with van der Waals surface area (Å²) in [5.74, 6) is -1.01. The Hall–Kier alpha value is -2.33. The second-order valence-corrected chi connectivity index (χ2v) is 5.79. The van der Waals surface area contributed by atoms with Crippen molar-refractivity contribution in [3.8, 4) is 0 Å². The number of fused-ring (bicyclic) bond motifs is 1. The molecule has 3 rings (SSSR count). The van der Waals surface area contributed by atoms with Crippen LogP contribution in [0.3, 0.4) is 0 Å². The quantitative estimate of drug-likeness (QED) is 0.793. The number of aromatic carboxylic acids is 1. The maximum Gasteiger partial charge on any atom is 0.357 e. The zero-order chi connectivity index (χ0) is 15.9. The highest BCUT2D eigenvalue weighted by Gasteiger charge is 2.18. The SMILES string of the molecule is Cc1cc(Cl)ccc1Cn1nc(C(=O)O)c2c(C)cccc21. The Labute approximate surface area is 132 Å². The van der Waals surface area contributed by atoms with E-state index < -0.39 is 5.97 Å². The molecular formula is C17H15ClN2O2. The minimum Gasteiger partial charge on any atom is -0.476 e. The van der Waals surface area contributed by atoms with Gasteiger partial charge in [-0.1, -0.05) is 29.8 Å². The van der Waals surface area contributed by atoms with Crippen LogP contribution in [0.4, 0.5) is 0 Å². The largest absolute Gasteiger partial charge is 0.476 e. The average molecular weight is 315 g/mol. The van der Waals surface area contributed by atoms with Crippen LogP contribution in [-0.2, 0) is 6.54 Å². The fourth-order valence-electron chi connectivity index (χ4n) is 2.67. The topological polar surface area (TPSA) is 55.1 Å². The summed E-state index contributed by atoms with van der Waals surface area (Å²) in [6.07, 6.45) is 0. The van der Waals surface area contributed by atoms with Gasteiger partial charge in [0.25, 0.3) is 0 Å². The van der Waals surface area contributed by atoms with Crippen LogP contribution < -0.4 is 0 Å². The molecule has 112 valence electrons. The zero-order valence-electron chi connectivity index (χ0n) is 12.3. The molecule has 0 aliphatic heterocycles. The van der Waals surface area contributed by atoms with E-state index in [9.17, 15) is 9.90 Å². The van der Waals surface area contributed by atoms with E-state index in [1.807, 2.05) is 50.2 Å². The first-order valence-electron chi connectivity index (χ1n) is 6.92. The Morgan fingerprint density at radius 1 is 1.23 bits per heavy atom. The lowest BCUT2D eigenvalue weighted by atomic mass is 10.1. The molecule has 4 nitrogen and oxygen atoms in total. The molecule has 5 heteroatoms. The third kappa shape index (κ3) is 2.46. The molecule has 0 aliphatic rings. The molecule has 0 saturated carbocycles.